The maximum atomic E-state index is 12.3. The first kappa shape index (κ1) is 20.5. The largest absolute Gasteiger partial charge is 0.454 e. The number of hydrogen-bond donors (Lipinski definition) is 1. The molecule has 1 heterocycles. The van der Waals surface area contributed by atoms with Gasteiger partial charge in [0.2, 0.25) is 15.8 Å². The van der Waals surface area contributed by atoms with E-state index in [-0.39, 0.29) is 11.5 Å². The molecule has 6 nitrogen and oxygen atoms in total. The molecule has 0 saturated heterocycles. The van der Waals surface area contributed by atoms with Crippen LogP contribution in [-0.4, -0.2) is 38.3 Å². The SMILES string of the molecule is C[C@H](OC(=O)CSCc1cccs1)C(=O)c1ccc(NS(C)(=O)=O)cc1. The zero-order valence-corrected chi connectivity index (χ0v) is 16.7. The average molecular weight is 414 g/mol. The number of hydrogen-bond acceptors (Lipinski definition) is 7. The number of thiophene rings is 1. The number of benzene rings is 1. The second kappa shape index (κ2) is 9.20. The lowest BCUT2D eigenvalue weighted by Crippen LogP contribution is -2.25. The van der Waals surface area contributed by atoms with Gasteiger partial charge in [-0.25, -0.2) is 8.42 Å². The molecule has 1 atom stereocenters. The molecule has 0 radical (unpaired) electrons. The number of sulfonamides is 1. The van der Waals surface area contributed by atoms with Gasteiger partial charge in [0, 0.05) is 21.9 Å². The first-order valence-corrected chi connectivity index (χ1v) is 11.6. The smallest absolute Gasteiger partial charge is 0.316 e. The summed E-state index contributed by atoms with van der Waals surface area (Å²) in [5, 5.41) is 1.98. The molecule has 2 aromatic rings. The Bertz CT molecular complexity index is 845. The van der Waals surface area contributed by atoms with Gasteiger partial charge in [0.15, 0.2) is 6.10 Å². The summed E-state index contributed by atoms with van der Waals surface area (Å²) >= 11 is 3.06. The van der Waals surface area contributed by atoms with Crippen LogP contribution in [0.3, 0.4) is 0 Å². The highest BCUT2D eigenvalue weighted by atomic mass is 32.2. The van der Waals surface area contributed by atoms with Crippen LogP contribution in [0.2, 0.25) is 0 Å². The van der Waals surface area contributed by atoms with E-state index in [1.54, 1.807) is 11.3 Å². The van der Waals surface area contributed by atoms with E-state index in [1.807, 2.05) is 17.5 Å². The number of Topliss-reactive ketones (excluding diaryl/α,β-unsaturated/α-hetero) is 1. The summed E-state index contributed by atoms with van der Waals surface area (Å²) in [7, 11) is -3.37. The molecule has 9 heteroatoms. The summed E-state index contributed by atoms with van der Waals surface area (Å²) in [5.41, 5.74) is 0.703. The molecule has 140 valence electrons. The van der Waals surface area contributed by atoms with Crippen LogP contribution in [0.4, 0.5) is 5.69 Å². The monoisotopic (exact) mass is 413 g/mol. The molecule has 1 N–H and O–H groups in total. The number of ether oxygens (including phenoxy) is 1. The van der Waals surface area contributed by atoms with Gasteiger partial charge in [-0.2, -0.15) is 0 Å². The van der Waals surface area contributed by atoms with Gasteiger partial charge in [-0.05, 0) is 42.6 Å². The molecule has 0 unspecified atom stereocenters. The maximum absolute atomic E-state index is 12.3. The van der Waals surface area contributed by atoms with Crippen LogP contribution in [0.5, 0.6) is 0 Å². The van der Waals surface area contributed by atoms with Crippen molar-refractivity contribution in [1.29, 1.82) is 0 Å². The molecule has 0 fully saturated rings. The second-order valence-electron chi connectivity index (χ2n) is 5.52. The number of thioether (sulfide) groups is 1. The van der Waals surface area contributed by atoms with E-state index in [9.17, 15) is 18.0 Å². The molecule has 26 heavy (non-hydrogen) atoms. The predicted molar refractivity (Wildman–Crippen MR) is 105 cm³/mol. The quantitative estimate of drug-likeness (QED) is 0.502. The Hall–Kier alpha value is -1.84. The topological polar surface area (TPSA) is 89.5 Å². The van der Waals surface area contributed by atoms with Crippen molar-refractivity contribution in [3.05, 3.63) is 52.2 Å². The minimum Gasteiger partial charge on any atom is -0.454 e. The van der Waals surface area contributed by atoms with Crippen LogP contribution in [0.15, 0.2) is 41.8 Å². The third kappa shape index (κ3) is 6.81. The molecular weight excluding hydrogens is 394 g/mol. The van der Waals surface area contributed by atoms with Crippen molar-refractivity contribution in [2.24, 2.45) is 0 Å². The lowest BCUT2D eigenvalue weighted by atomic mass is 10.1. The first-order valence-electron chi connectivity index (χ1n) is 7.66. The number of esters is 1. The molecule has 0 spiro atoms. The van der Waals surface area contributed by atoms with E-state index in [2.05, 4.69) is 4.72 Å². The van der Waals surface area contributed by atoms with Crippen molar-refractivity contribution in [3.63, 3.8) is 0 Å². The normalized spacial score (nSPS) is 12.4. The Morgan fingerprint density at radius 1 is 1.23 bits per heavy atom. The molecule has 0 aliphatic carbocycles. The Morgan fingerprint density at radius 3 is 2.50 bits per heavy atom. The third-order valence-corrected chi connectivity index (χ3v) is 5.82. The fourth-order valence-corrected chi connectivity index (χ4v) is 4.28. The highest BCUT2D eigenvalue weighted by molar-refractivity contribution is 7.99. The summed E-state index contributed by atoms with van der Waals surface area (Å²) < 4.78 is 29.8. The summed E-state index contributed by atoms with van der Waals surface area (Å²) in [6, 6.07) is 9.91. The molecule has 0 aliphatic rings. The molecule has 1 aromatic heterocycles. The van der Waals surface area contributed by atoms with Gasteiger partial charge in [0.1, 0.15) is 0 Å². The van der Waals surface area contributed by atoms with Crippen LogP contribution in [0.25, 0.3) is 0 Å². The molecule has 0 amide bonds. The van der Waals surface area contributed by atoms with Gasteiger partial charge in [-0.3, -0.25) is 14.3 Å². The van der Waals surface area contributed by atoms with E-state index < -0.39 is 22.1 Å². The van der Waals surface area contributed by atoms with Gasteiger partial charge in [-0.1, -0.05) is 6.07 Å². The summed E-state index contributed by atoms with van der Waals surface area (Å²) in [6.45, 7) is 1.52. The van der Waals surface area contributed by atoms with Crippen molar-refractivity contribution in [1.82, 2.24) is 0 Å². The fraction of sp³-hybridized carbons (Fsp3) is 0.294. The van der Waals surface area contributed by atoms with Gasteiger partial charge >= 0.3 is 5.97 Å². The van der Waals surface area contributed by atoms with E-state index in [0.29, 0.717) is 11.3 Å². The highest BCUT2D eigenvalue weighted by Gasteiger charge is 2.19. The zero-order chi connectivity index (χ0) is 19.2. The van der Waals surface area contributed by atoms with Crippen LogP contribution < -0.4 is 4.72 Å². The van der Waals surface area contributed by atoms with E-state index in [1.165, 1.54) is 47.8 Å². The number of anilines is 1. The summed E-state index contributed by atoms with van der Waals surface area (Å²) in [5.74, 6) is 0.117. The molecule has 0 saturated carbocycles. The van der Waals surface area contributed by atoms with Crippen LogP contribution in [0.1, 0.15) is 22.2 Å². The fourth-order valence-electron chi connectivity index (χ4n) is 2.07. The van der Waals surface area contributed by atoms with Gasteiger partial charge in [0.05, 0.1) is 12.0 Å². The lowest BCUT2D eigenvalue weighted by Gasteiger charge is -2.12. The highest BCUT2D eigenvalue weighted by Crippen LogP contribution is 2.18. The summed E-state index contributed by atoms with van der Waals surface area (Å²) in [4.78, 5) is 25.4. The van der Waals surface area contributed by atoms with Crippen LogP contribution in [-0.2, 0) is 25.3 Å². The Morgan fingerprint density at radius 2 is 1.92 bits per heavy atom. The van der Waals surface area contributed by atoms with Crippen molar-refractivity contribution < 1.29 is 22.7 Å². The number of carbonyl (C=O) groups is 2. The van der Waals surface area contributed by atoms with E-state index in [4.69, 9.17) is 4.74 Å². The minimum absolute atomic E-state index is 0.173. The minimum atomic E-state index is -3.37. The van der Waals surface area contributed by atoms with E-state index >= 15 is 0 Å². The van der Waals surface area contributed by atoms with Crippen molar-refractivity contribution in [2.75, 3.05) is 16.7 Å². The third-order valence-electron chi connectivity index (χ3n) is 3.19. The Kier molecular flexibility index (Phi) is 7.24. The predicted octanol–water partition coefficient (Wildman–Crippen LogP) is 3.17. The van der Waals surface area contributed by atoms with Gasteiger partial charge in [0.25, 0.3) is 0 Å². The van der Waals surface area contributed by atoms with Crippen molar-refractivity contribution >= 4 is 50.6 Å². The number of nitrogens with one attached hydrogen (secondary N) is 1. The number of ketones is 1. The Balaban J connectivity index is 1.83. The second-order valence-corrected chi connectivity index (χ2v) is 9.29. The van der Waals surface area contributed by atoms with Crippen LogP contribution >= 0.6 is 23.1 Å². The van der Waals surface area contributed by atoms with E-state index in [0.717, 1.165) is 12.0 Å². The molecule has 0 aliphatic heterocycles. The molecule has 0 bridgehead atoms. The van der Waals surface area contributed by atoms with Crippen molar-refractivity contribution in [2.45, 2.75) is 18.8 Å². The van der Waals surface area contributed by atoms with Crippen molar-refractivity contribution in [3.8, 4) is 0 Å². The van der Waals surface area contributed by atoms with Gasteiger partial charge < -0.3 is 4.74 Å². The lowest BCUT2D eigenvalue weighted by molar-refractivity contribution is -0.143. The number of rotatable bonds is 9. The summed E-state index contributed by atoms with van der Waals surface area (Å²) in [6.07, 6.45) is 0.142. The first-order chi connectivity index (χ1) is 12.2. The molecular formula is C17H19NO5S3. The molecule has 2 rings (SSSR count). The average Bonchev–Trinajstić information content (AvgIpc) is 3.06. The maximum Gasteiger partial charge on any atom is 0.316 e. The van der Waals surface area contributed by atoms with Crippen LogP contribution in [0, 0.1) is 0 Å². The van der Waals surface area contributed by atoms with Gasteiger partial charge in [-0.15, -0.1) is 23.1 Å². The zero-order valence-electron chi connectivity index (χ0n) is 14.3. The Labute approximate surface area is 161 Å². The molecule has 1 aromatic carbocycles. The number of carbonyl (C=O) groups excluding carboxylic acids is 2. The standard InChI is InChI=1S/C17H19NO5S3/c1-12(23-16(19)11-24-10-15-4-3-9-25-15)17(20)13-5-7-14(8-6-13)18-26(2,21)22/h3-9,12,18H,10-11H2,1-2H3/t12-/m0/s1.